The van der Waals surface area contributed by atoms with E-state index in [1.165, 1.54) is 37.8 Å². The first kappa shape index (κ1) is 14.7. The Morgan fingerprint density at radius 2 is 1.81 bits per heavy atom. The minimum absolute atomic E-state index is 0.414. The topological polar surface area (TPSA) is 24.5 Å². The lowest BCUT2D eigenvalue weighted by Crippen LogP contribution is -2.43. The maximum absolute atomic E-state index is 6.37. The SMILES string of the molecule is CCC1CCC(Oc2ccccc2N2CCNCC2)CC1. The molecule has 0 amide bonds. The minimum Gasteiger partial charge on any atom is -0.488 e. The van der Waals surface area contributed by atoms with Crippen molar-refractivity contribution >= 4 is 5.69 Å². The molecule has 3 rings (SSSR count). The highest BCUT2D eigenvalue weighted by atomic mass is 16.5. The number of rotatable bonds is 4. The van der Waals surface area contributed by atoms with Gasteiger partial charge in [-0.15, -0.1) is 0 Å². The Hall–Kier alpha value is -1.22. The van der Waals surface area contributed by atoms with E-state index >= 15 is 0 Å². The highest BCUT2D eigenvalue weighted by Gasteiger charge is 2.23. The van der Waals surface area contributed by atoms with Crippen LogP contribution in [-0.2, 0) is 0 Å². The molecule has 1 saturated carbocycles. The van der Waals surface area contributed by atoms with Gasteiger partial charge in [-0.1, -0.05) is 25.5 Å². The smallest absolute Gasteiger partial charge is 0.143 e. The van der Waals surface area contributed by atoms with Crippen molar-refractivity contribution in [2.45, 2.75) is 45.1 Å². The molecule has 116 valence electrons. The quantitative estimate of drug-likeness (QED) is 0.918. The summed E-state index contributed by atoms with van der Waals surface area (Å²) in [7, 11) is 0. The Labute approximate surface area is 128 Å². The van der Waals surface area contributed by atoms with Crippen LogP contribution in [0.15, 0.2) is 24.3 Å². The maximum atomic E-state index is 6.37. The van der Waals surface area contributed by atoms with E-state index in [-0.39, 0.29) is 0 Å². The molecule has 2 aliphatic rings. The van der Waals surface area contributed by atoms with E-state index in [0.29, 0.717) is 6.10 Å². The van der Waals surface area contributed by atoms with Crippen molar-refractivity contribution in [3.63, 3.8) is 0 Å². The van der Waals surface area contributed by atoms with Crippen molar-refractivity contribution in [1.29, 1.82) is 0 Å². The Balaban J connectivity index is 1.65. The standard InChI is InChI=1S/C18H28N2O/c1-2-15-7-9-16(10-8-15)21-18-6-4-3-5-17(18)20-13-11-19-12-14-20/h3-6,15-16,19H,2,7-14H2,1H3. The van der Waals surface area contributed by atoms with Gasteiger partial charge in [0.1, 0.15) is 5.75 Å². The Morgan fingerprint density at radius 1 is 1.10 bits per heavy atom. The number of para-hydroxylation sites is 2. The molecule has 1 aromatic carbocycles. The molecule has 0 atom stereocenters. The van der Waals surface area contributed by atoms with Crippen LogP contribution >= 0.6 is 0 Å². The zero-order valence-corrected chi connectivity index (χ0v) is 13.2. The van der Waals surface area contributed by atoms with Gasteiger partial charge in [-0.25, -0.2) is 0 Å². The molecule has 0 unspecified atom stereocenters. The first-order valence-corrected chi connectivity index (χ1v) is 8.58. The summed E-state index contributed by atoms with van der Waals surface area (Å²) in [5, 5.41) is 3.41. The van der Waals surface area contributed by atoms with Gasteiger partial charge < -0.3 is 15.0 Å². The summed E-state index contributed by atoms with van der Waals surface area (Å²) in [6, 6.07) is 8.57. The lowest BCUT2D eigenvalue weighted by molar-refractivity contribution is 0.130. The number of piperazine rings is 1. The molecule has 0 aromatic heterocycles. The van der Waals surface area contributed by atoms with E-state index in [0.717, 1.165) is 37.8 Å². The molecular formula is C18H28N2O. The predicted octanol–water partition coefficient (Wildman–Crippen LogP) is 3.44. The second-order valence-electron chi connectivity index (χ2n) is 6.37. The summed E-state index contributed by atoms with van der Waals surface area (Å²) in [4.78, 5) is 2.45. The number of hydrogen-bond acceptors (Lipinski definition) is 3. The predicted molar refractivity (Wildman–Crippen MR) is 88.2 cm³/mol. The van der Waals surface area contributed by atoms with Crippen molar-refractivity contribution in [2.75, 3.05) is 31.1 Å². The van der Waals surface area contributed by atoms with Crippen LogP contribution in [0.5, 0.6) is 5.75 Å². The molecule has 0 bridgehead atoms. The molecule has 2 fully saturated rings. The van der Waals surface area contributed by atoms with E-state index in [4.69, 9.17) is 4.74 Å². The minimum atomic E-state index is 0.414. The fraction of sp³-hybridized carbons (Fsp3) is 0.667. The number of ether oxygens (including phenoxy) is 1. The third-order valence-corrected chi connectivity index (χ3v) is 4.99. The molecule has 1 saturated heterocycles. The molecule has 1 aliphatic carbocycles. The number of nitrogens with one attached hydrogen (secondary N) is 1. The molecule has 0 spiro atoms. The van der Waals surface area contributed by atoms with Crippen molar-refractivity contribution in [1.82, 2.24) is 5.32 Å². The molecule has 3 heteroatoms. The number of hydrogen-bond donors (Lipinski definition) is 1. The van der Waals surface area contributed by atoms with Crippen LogP contribution in [0, 0.1) is 5.92 Å². The molecule has 1 N–H and O–H groups in total. The summed E-state index contributed by atoms with van der Waals surface area (Å²) in [6.07, 6.45) is 6.83. The van der Waals surface area contributed by atoms with Gasteiger partial charge in [0.15, 0.2) is 0 Å². The van der Waals surface area contributed by atoms with Gasteiger partial charge in [-0.05, 0) is 43.7 Å². The van der Waals surface area contributed by atoms with Crippen molar-refractivity contribution in [2.24, 2.45) is 5.92 Å². The van der Waals surface area contributed by atoms with E-state index in [9.17, 15) is 0 Å². The van der Waals surface area contributed by atoms with Crippen molar-refractivity contribution in [3.05, 3.63) is 24.3 Å². The van der Waals surface area contributed by atoms with E-state index in [1.807, 2.05) is 0 Å². The van der Waals surface area contributed by atoms with Gasteiger partial charge in [0.05, 0.1) is 11.8 Å². The summed E-state index contributed by atoms with van der Waals surface area (Å²) in [5.41, 5.74) is 1.27. The van der Waals surface area contributed by atoms with E-state index in [2.05, 4.69) is 41.4 Å². The Kier molecular flexibility index (Phi) is 5.02. The number of benzene rings is 1. The fourth-order valence-electron chi connectivity index (χ4n) is 3.56. The van der Waals surface area contributed by atoms with Gasteiger partial charge >= 0.3 is 0 Å². The Morgan fingerprint density at radius 3 is 2.52 bits per heavy atom. The highest BCUT2D eigenvalue weighted by molar-refractivity contribution is 5.58. The first-order chi connectivity index (χ1) is 10.4. The average molecular weight is 288 g/mol. The van der Waals surface area contributed by atoms with E-state index < -0.39 is 0 Å². The summed E-state index contributed by atoms with van der Waals surface area (Å²) >= 11 is 0. The van der Waals surface area contributed by atoms with Crippen molar-refractivity contribution in [3.8, 4) is 5.75 Å². The highest BCUT2D eigenvalue weighted by Crippen LogP contribution is 2.33. The van der Waals surface area contributed by atoms with Crippen LogP contribution in [0.1, 0.15) is 39.0 Å². The third-order valence-electron chi connectivity index (χ3n) is 4.99. The van der Waals surface area contributed by atoms with Gasteiger partial charge in [0.25, 0.3) is 0 Å². The Bertz CT molecular complexity index is 435. The molecule has 1 heterocycles. The zero-order valence-electron chi connectivity index (χ0n) is 13.2. The first-order valence-electron chi connectivity index (χ1n) is 8.58. The van der Waals surface area contributed by atoms with Crippen LogP contribution in [0.25, 0.3) is 0 Å². The van der Waals surface area contributed by atoms with Crippen LogP contribution in [-0.4, -0.2) is 32.3 Å². The molecule has 21 heavy (non-hydrogen) atoms. The average Bonchev–Trinajstić information content (AvgIpc) is 2.57. The molecule has 0 radical (unpaired) electrons. The summed E-state index contributed by atoms with van der Waals surface area (Å²) < 4.78 is 6.37. The zero-order chi connectivity index (χ0) is 14.5. The van der Waals surface area contributed by atoms with Crippen LogP contribution in [0.3, 0.4) is 0 Å². The lowest BCUT2D eigenvalue weighted by Gasteiger charge is -2.33. The largest absolute Gasteiger partial charge is 0.488 e. The van der Waals surface area contributed by atoms with Crippen LogP contribution in [0.2, 0.25) is 0 Å². The monoisotopic (exact) mass is 288 g/mol. The van der Waals surface area contributed by atoms with Crippen molar-refractivity contribution < 1.29 is 4.74 Å². The van der Waals surface area contributed by atoms with Crippen LogP contribution in [0.4, 0.5) is 5.69 Å². The van der Waals surface area contributed by atoms with Gasteiger partial charge in [-0.3, -0.25) is 0 Å². The fourth-order valence-corrected chi connectivity index (χ4v) is 3.56. The number of nitrogens with zero attached hydrogens (tertiary/aromatic N) is 1. The normalized spacial score (nSPS) is 26.6. The van der Waals surface area contributed by atoms with E-state index in [1.54, 1.807) is 0 Å². The van der Waals surface area contributed by atoms with Crippen LogP contribution < -0.4 is 15.0 Å². The molecule has 1 aliphatic heterocycles. The summed E-state index contributed by atoms with van der Waals surface area (Å²) in [5.74, 6) is 2.01. The van der Waals surface area contributed by atoms with Gasteiger partial charge in [0, 0.05) is 26.2 Å². The lowest BCUT2D eigenvalue weighted by atomic mass is 9.86. The third kappa shape index (κ3) is 3.70. The van der Waals surface area contributed by atoms with Gasteiger partial charge in [-0.2, -0.15) is 0 Å². The second kappa shape index (κ2) is 7.17. The second-order valence-corrected chi connectivity index (χ2v) is 6.37. The van der Waals surface area contributed by atoms with Gasteiger partial charge in [0.2, 0.25) is 0 Å². The molecule has 1 aromatic rings. The number of anilines is 1. The molecular weight excluding hydrogens is 260 g/mol. The maximum Gasteiger partial charge on any atom is 0.143 e. The summed E-state index contributed by atoms with van der Waals surface area (Å²) in [6.45, 7) is 6.59. The molecule has 3 nitrogen and oxygen atoms in total.